The van der Waals surface area contributed by atoms with E-state index < -0.39 is 0 Å². The van der Waals surface area contributed by atoms with Gasteiger partial charge in [0.1, 0.15) is 0 Å². The molecule has 1 aliphatic rings. The first-order valence-electron chi connectivity index (χ1n) is 5.55. The lowest BCUT2D eigenvalue weighted by atomic mass is 9.95. The van der Waals surface area contributed by atoms with Gasteiger partial charge in [-0.2, -0.15) is 0 Å². The Kier molecular flexibility index (Phi) is 2.39. The minimum absolute atomic E-state index is 0.201. The van der Waals surface area contributed by atoms with Gasteiger partial charge in [-0.1, -0.05) is 36.4 Å². The smallest absolute Gasteiger partial charge is 0.183 e. The molecule has 1 aliphatic heterocycles. The molecule has 0 aliphatic carbocycles. The fraction of sp³-hybridized carbons (Fsp3) is 0.286. The van der Waals surface area contributed by atoms with E-state index in [1.807, 2.05) is 0 Å². The van der Waals surface area contributed by atoms with Crippen LogP contribution in [0.5, 0.6) is 0 Å². The summed E-state index contributed by atoms with van der Waals surface area (Å²) in [5, 5.41) is 2.61. The van der Waals surface area contributed by atoms with Gasteiger partial charge in [0, 0.05) is 12.7 Å². The van der Waals surface area contributed by atoms with E-state index in [1.54, 1.807) is 7.11 Å². The maximum absolute atomic E-state index is 5.58. The third kappa shape index (κ3) is 1.42. The summed E-state index contributed by atoms with van der Waals surface area (Å²) in [5.74, 6) is 0. The van der Waals surface area contributed by atoms with Gasteiger partial charge in [0.15, 0.2) is 6.29 Å². The zero-order valence-corrected chi connectivity index (χ0v) is 9.27. The molecular formula is C14H14O2. The Bertz CT molecular complexity index is 519. The lowest BCUT2D eigenvalue weighted by Gasteiger charge is -2.25. The zero-order chi connectivity index (χ0) is 11.0. The van der Waals surface area contributed by atoms with Crippen LogP contribution in [-0.4, -0.2) is 13.7 Å². The first-order valence-corrected chi connectivity index (χ1v) is 5.55. The van der Waals surface area contributed by atoms with E-state index in [-0.39, 0.29) is 6.29 Å². The van der Waals surface area contributed by atoms with Gasteiger partial charge in [0.25, 0.3) is 0 Å². The molecule has 0 bridgehead atoms. The molecule has 3 rings (SSSR count). The normalized spacial score (nSPS) is 19.7. The Morgan fingerprint density at radius 1 is 1.19 bits per heavy atom. The number of methoxy groups -OCH3 is 1. The second kappa shape index (κ2) is 3.89. The van der Waals surface area contributed by atoms with Crippen LogP contribution in [0.2, 0.25) is 0 Å². The number of ether oxygens (including phenoxy) is 2. The average molecular weight is 214 g/mol. The Balaban J connectivity index is 2.26. The maximum Gasteiger partial charge on any atom is 0.183 e. The molecule has 2 nitrogen and oxygen atoms in total. The van der Waals surface area contributed by atoms with Crippen molar-refractivity contribution in [3.05, 3.63) is 47.5 Å². The lowest BCUT2D eigenvalue weighted by Crippen LogP contribution is -2.17. The van der Waals surface area contributed by atoms with E-state index >= 15 is 0 Å². The van der Waals surface area contributed by atoms with Gasteiger partial charge in [0.2, 0.25) is 0 Å². The SMILES string of the molecule is COC1OCCc2c1ccc1ccccc21. The van der Waals surface area contributed by atoms with Crippen molar-refractivity contribution in [3.63, 3.8) is 0 Å². The quantitative estimate of drug-likeness (QED) is 0.726. The van der Waals surface area contributed by atoms with E-state index in [2.05, 4.69) is 36.4 Å². The molecule has 16 heavy (non-hydrogen) atoms. The molecule has 1 unspecified atom stereocenters. The summed E-state index contributed by atoms with van der Waals surface area (Å²) in [7, 11) is 1.69. The highest BCUT2D eigenvalue weighted by molar-refractivity contribution is 5.87. The number of hydrogen-bond donors (Lipinski definition) is 0. The summed E-state index contributed by atoms with van der Waals surface area (Å²) < 4.78 is 10.9. The van der Waals surface area contributed by atoms with E-state index in [4.69, 9.17) is 9.47 Å². The highest BCUT2D eigenvalue weighted by atomic mass is 16.7. The van der Waals surface area contributed by atoms with Crippen molar-refractivity contribution in [2.45, 2.75) is 12.7 Å². The number of fused-ring (bicyclic) bond motifs is 3. The molecular weight excluding hydrogens is 200 g/mol. The fourth-order valence-electron chi connectivity index (χ4n) is 2.41. The predicted octanol–water partition coefficient (Wildman–Crippen LogP) is 3.06. The second-order valence-corrected chi connectivity index (χ2v) is 4.04. The molecule has 0 aromatic heterocycles. The number of benzene rings is 2. The largest absolute Gasteiger partial charge is 0.352 e. The van der Waals surface area contributed by atoms with Crippen LogP contribution in [0.15, 0.2) is 36.4 Å². The highest BCUT2D eigenvalue weighted by Gasteiger charge is 2.21. The van der Waals surface area contributed by atoms with Crippen LogP contribution in [0.25, 0.3) is 10.8 Å². The summed E-state index contributed by atoms with van der Waals surface area (Å²) in [4.78, 5) is 0. The van der Waals surface area contributed by atoms with Gasteiger partial charge >= 0.3 is 0 Å². The van der Waals surface area contributed by atoms with Gasteiger partial charge in [-0.25, -0.2) is 0 Å². The van der Waals surface area contributed by atoms with Crippen LogP contribution >= 0.6 is 0 Å². The van der Waals surface area contributed by atoms with Gasteiger partial charge in [-0.15, -0.1) is 0 Å². The van der Waals surface area contributed by atoms with Crippen molar-refractivity contribution in [2.24, 2.45) is 0 Å². The third-order valence-corrected chi connectivity index (χ3v) is 3.17. The topological polar surface area (TPSA) is 18.5 Å². The van der Waals surface area contributed by atoms with Crippen molar-refractivity contribution >= 4 is 10.8 Å². The molecule has 0 saturated heterocycles. The minimum atomic E-state index is -0.201. The van der Waals surface area contributed by atoms with Crippen LogP contribution in [0.3, 0.4) is 0 Å². The van der Waals surface area contributed by atoms with Crippen molar-refractivity contribution < 1.29 is 9.47 Å². The maximum atomic E-state index is 5.58. The molecule has 2 aromatic carbocycles. The van der Waals surface area contributed by atoms with E-state index in [1.165, 1.54) is 21.9 Å². The third-order valence-electron chi connectivity index (χ3n) is 3.17. The first kappa shape index (κ1) is 9.82. The molecule has 0 spiro atoms. The van der Waals surface area contributed by atoms with Crippen LogP contribution in [0, 0.1) is 0 Å². The number of hydrogen-bond acceptors (Lipinski definition) is 2. The number of rotatable bonds is 1. The second-order valence-electron chi connectivity index (χ2n) is 4.04. The van der Waals surface area contributed by atoms with Crippen LogP contribution in [0.1, 0.15) is 17.4 Å². The molecule has 2 heteroatoms. The van der Waals surface area contributed by atoms with E-state index in [9.17, 15) is 0 Å². The van der Waals surface area contributed by atoms with Gasteiger partial charge in [0.05, 0.1) is 6.61 Å². The first-order chi connectivity index (χ1) is 7.90. The molecule has 0 fully saturated rings. The van der Waals surface area contributed by atoms with Crippen molar-refractivity contribution in [3.8, 4) is 0 Å². The minimum Gasteiger partial charge on any atom is -0.352 e. The summed E-state index contributed by atoms with van der Waals surface area (Å²) in [6.07, 6.45) is 0.768. The predicted molar refractivity (Wildman–Crippen MR) is 63.4 cm³/mol. The molecule has 2 aromatic rings. The summed E-state index contributed by atoms with van der Waals surface area (Å²) >= 11 is 0. The highest BCUT2D eigenvalue weighted by Crippen LogP contribution is 2.32. The van der Waals surface area contributed by atoms with Crippen molar-refractivity contribution in [1.82, 2.24) is 0 Å². The van der Waals surface area contributed by atoms with Gasteiger partial charge in [-0.3, -0.25) is 0 Å². The fourth-order valence-corrected chi connectivity index (χ4v) is 2.41. The molecule has 1 heterocycles. The van der Waals surface area contributed by atoms with Gasteiger partial charge in [-0.05, 0) is 22.8 Å². The van der Waals surface area contributed by atoms with Crippen LogP contribution in [-0.2, 0) is 15.9 Å². The van der Waals surface area contributed by atoms with E-state index in [0.29, 0.717) is 0 Å². The molecule has 0 amide bonds. The summed E-state index contributed by atoms with van der Waals surface area (Å²) in [6, 6.07) is 12.7. The lowest BCUT2D eigenvalue weighted by molar-refractivity contribution is -0.134. The Hall–Kier alpha value is -1.38. The van der Waals surface area contributed by atoms with Crippen molar-refractivity contribution in [1.29, 1.82) is 0 Å². The van der Waals surface area contributed by atoms with Crippen LogP contribution < -0.4 is 0 Å². The standard InChI is InChI=1S/C14H14O2/c1-15-14-13-7-6-10-4-2-3-5-11(10)12(13)8-9-16-14/h2-7,14H,8-9H2,1H3. The average Bonchev–Trinajstić information content (AvgIpc) is 2.37. The zero-order valence-electron chi connectivity index (χ0n) is 9.27. The van der Waals surface area contributed by atoms with Gasteiger partial charge < -0.3 is 9.47 Å². The van der Waals surface area contributed by atoms with Crippen LogP contribution in [0.4, 0.5) is 0 Å². The Morgan fingerprint density at radius 3 is 2.94 bits per heavy atom. The molecule has 0 saturated carbocycles. The Labute approximate surface area is 94.8 Å². The molecule has 0 N–H and O–H groups in total. The van der Waals surface area contributed by atoms with Crippen molar-refractivity contribution in [2.75, 3.05) is 13.7 Å². The molecule has 0 radical (unpaired) electrons. The molecule has 1 atom stereocenters. The Morgan fingerprint density at radius 2 is 2.06 bits per heavy atom. The summed E-state index contributed by atoms with van der Waals surface area (Å²) in [5.41, 5.74) is 2.55. The van der Waals surface area contributed by atoms with E-state index in [0.717, 1.165) is 13.0 Å². The molecule has 82 valence electrons. The summed E-state index contributed by atoms with van der Waals surface area (Å²) in [6.45, 7) is 0.736. The monoisotopic (exact) mass is 214 g/mol.